The van der Waals surface area contributed by atoms with Gasteiger partial charge in [-0.2, -0.15) is 5.10 Å². The fourth-order valence-electron chi connectivity index (χ4n) is 3.51. The minimum absolute atomic E-state index is 0.130. The zero-order chi connectivity index (χ0) is 14.8. The van der Waals surface area contributed by atoms with Gasteiger partial charge in [0.25, 0.3) is 0 Å². The number of aliphatic hydroxyl groups is 1. The van der Waals surface area contributed by atoms with Crippen LogP contribution < -0.4 is 0 Å². The number of nitrogens with zero attached hydrogens (tertiary/aromatic N) is 4. The first-order chi connectivity index (χ1) is 10.2. The number of rotatable bonds is 3. The number of hydrogen-bond donors (Lipinski definition) is 1. The van der Waals surface area contributed by atoms with Gasteiger partial charge in [-0.05, 0) is 32.3 Å². The van der Waals surface area contributed by atoms with Crippen LogP contribution in [0.5, 0.6) is 0 Å². The second-order valence-electron chi connectivity index (χ2n) is 6.09. The third kappa shape index (κ3) is 2.96. The van der Waals surface area contributed by atoms with Crippen molar-refractivity contribution in [3.8, 4) is 0 Å². The monoisotopic (exact) mass is 292 g/mol. The van der Waals surface area contributed by atoms with E-state index in [-0.39, 0.29) is 18.1 Å². The van der Waals surface area contributed by atoms with Crippen LogP contribution >= 0.6 is 0 Å². The van der Waals surface area contributed by atoms with Gasteiger partial charge in [-0.15, -0.1) is 0 Å². The maximum atomic E-state index is 12.5. The summed E-state index contributed by atoms with van der Waals surface area (Å²) < 4.78 is 1.70. The van der Waals surface area contributed by atoms with Crippen molar-refractivity contribution in [3.05, 3.63) is 18.5 Å². The van der Waals surface area contributed by atoms with Crippen LogP contribution in [0.4, 0.5) is 0 Å². The summed E-state index contributed by atoms with van der Waals surface area (Å²) in [6.07, 6.45) is 6.45. The molecule has 1 aliphatic heterocycles. The number of aliphatic hydroxyl groups excluding tert-OH is 1. The van der Waals surface area contributed by atoms with Crippen molar-refractivity contribution >= 4 is 5.91 Å². The van der Waals surface area contributed by atoms with Crippen LogP contribution in [0.1, 0.15) is 32.2 Å². The van der Waals surface area contributed by atoms with E-state index in [9.17, 15) is 9.90 Å². The fourth-order valence-corrected chi connectivity index (χ4v) is 3.51. The molecule has 3 rings (SSSR count). The molecule has 2 heterocycles. The predicted molar refractivity (Wildman–Crippen MR) is 78.7 cm³/mol. The molecule has 1 aromatic rings. The van der Waals surface area contributed by atoms with E-state index in [2.05, 4.69) is 10.00 Å². The lowest BCUT2D eigenvalue weighted by molar-refractivity contribution is -0.136. The van der Waals surface area contributed by atoms with E-state index in [1.807, 2.05) is 24.1 Å². The Morgan fingerprint density at radius 3 is 2.62 bits per heavy atom. The summed E-state index contributed by atoms with van der Waals surface area (Å²) in [7, 11) is 0. The third-order valence-electron chi connectivity index (χ3n) is 4.82. The lowest BCUT2D eigenvalue weighted by atomic mass is 10.1. The van der Waals surface area contributed by atoms with Gasteiger partial charge in [0.2, 0.25) is 5.91 Å². The fraction of sp³-hybridized carbons (Fsp3) is 0.733. The lowest BCUT2D eigenvalue weighted by Gasteiger charge is -2.39. The number of amides is 1. The Labute approximate surface area is 125 Å². The average Bonchev–Trinajstić information content (AvgIpc) is 3.17. The summed E-state index contributed by atoms with van der Waals surface area (Å²) in [5.41, 5.74) is 0. The second kappa shape index (κ2) is 6.15. The Balaban J connectivity index is 1.54. The van der Waals surface area contributed by atoms with E-state index in [0.29, 0.717) is 6.04 Å². The number of carbonyl (C=O) groups excluding carboxylic acids is 1. The van der Waals surface area contributed by atoms with Gasteiger partial charge in [-0.3, -0.25) is 14.4 Å². The minimum atomic E-state index is -0.247. The lowest BCUT2D eigenvalue weighted by Crippen LogP contribution is -2.54. The molecule has 2 aliphatic rings. The summed E-state index contributed by atoms with van der Waals surface area (Å²) in [5, 5.41) is 14.1. The molecule has 6 nitrogen and oxygen atoms in total. The van der Waals surface area contributed by atoms with E-state index in [1.165, 1.54) is 0 Å². The second-order valence-corrected chi connectivity index (χ2v) is 6.09. The smallest absolute Gasteiger partial charge is 0.247 e. The first-order valence-corrected chi connectivity index (χ1v) is 7.87. The van der Waals surface area contributed by atoms with Crippen molar-refractivity contribution in [2.75, 3.05) is 26.2 Å². The summed E-state index contributed by atoms with van der Waals surface area (Å²) in [6, 6.07) is 1.89. The van der Waals surface area contributed by atoms with Gasteiger partial charge in [0.05, 0.1) is 6.10 Å². The maximum absolute atomic E-state index is 12.5. The van der Waals surface area contributed by atoms with Crippen molar-refractivity contribution < 1.29 is 9.90 Å². The molecule has 2 fully saturated rings. The molecule has 0 aromatic carbocycles. The van der Waals surface area contributed by atoms with Crippen molar-refractivity contribution in [3.63, 3.8) is 0 Å². The van der Waals surface area contributed by atoms with E-state index in [4.69, 9.17) is 0 Å². The van der Waals surface area contributed by atoms with Crippen molar-refractivity contribution in [1.82, 2.24) is 19.6 Å². The summed E-state index contributed by atoms with van der Waals surface area (Å²) in [6.45, 7) is 5.10. The van der Waals surface area contributed by atoms with Crippen molar-refractivity contribution in [2.24, 2.45) is 0 Å². The highest BCUT2D eigenvalue weighted by molar-refractivity contribution is 5.80. The zero-order valence-corrected chi connectivity index (χ0v) is 12.6. The Bertz CT molecular complexity index is 468. The minimum Gasteiger partial charge on any atom is -0.391 e. The molecule has 6 heteroatoms. The van der Waals surface area contributed by atoms with Gasteiger partial charge < -0.3 is 10.0 Å². The Morgan fingerprint density at radius 2 is 2.05 bits per heavy atom. The zero-order valence-electron chi connectivity index (χ0n) is 12.6. The average molecular weight is 292 g/mol. The Hall–Kier alpha value is -1.40. The Kier molecular flexibility index (Phi) is 4.26. The molecule has 0 bridgehead atoms. The molecule has 0 spiro atoms. The summed E-state index contributed by atoms with van der Waals surface area (Å²) in [5.74, 6) is 0.130. The van der Waals surface area contributed by atoms with Crippen LogP contribution in [0.15, 0.2) is 18.5 Å². The molecule has 0 radical (unpaired) electrons. The SMILES string of the molecule is C[C@H](C(=O)N1CCN([C@H]2CCC[C@H]2O)CC1)n1cccn1. The highest BCUT2D eigenvalue weighted by Crippen LogP contribution is 2.25. The molecule has 1 saturated heterocycles. The number of hydrogen-bond acceptors (Lipinski definition) is 4. The molecule has 1 aliphatic carbocycles. The molecule has 116 valence electrons. The molecule has 3 atom stereocenters. The van der Waals surface area contributed by atoms with Gasteiger partial charge in [0, 0.05) is 44.6 Å². The van der Waals surface area contributed by atoms with Gasteiger partial charge in [0.1, 0.15) is 6.04 Å². The van der Waals surface area contributed by atoms with Crippen LogP contribution in [-0.4, -0.2) is 68.9 Å². The number of piperazine rings is 1. The van der Waals surface area contributed by atoms with Gasteiger partial charge >= 0.3 is 0 Å². The quantitative estimate of drug-likeness (QED) is 0.881. The molecule has 1 N–H and O–H groups in total. The van der Waals surface area contributed by atoms with Crippen LogP contribution in [0.2, 0.25) is 0 Å². The van der Waals surface area contributed by atoms with Crippen LogP contribution in [0, 0.1) is 0 Å². The highest BCUT2D eigenvalue weighted by Gasteiger charge is 2.34. The standard InChI is InChI=1S/C15H24N4O2/c1-12(19-7-3-6-16-19)15(21)18-10-8-17(9-11-18)13-4-2-5-14(13)20/h3,6-7,12-14,20H,2,4-5,8-11H2,1H3/t12-,13+,14-/m1/s1. The van der Waals surface area contributed by atoms with E-state index in [0.717, 1.165) is 45.4 Å². The molecular weight excluding hydrogens is 268 g/mol. The molecule has 21 heavy (non-hydrogen) atoms. The van der Waals surface area contributed by atoms with E-state index < -0.39 is 0 Å². The first kappa shape index (κ1) is 14.5. The molecule has 1 saturated carbocycles. The topological polar surface area (TPSA) is 61.6 Å². The van der Waals surface area contributed by atoms with E-state index in [1.54, 1.807) is 10.9 Å². The Morgan fingerprint density at radius 1 is 1.29 bits per heavy atom. The van der Waals surface area contributed by atoms with Crippen molar-refractivity contribution in [2.45, 2.75) is 44.4 Å². The summed E-state index contributed by atoms with van der Waals surface area (Å²) in [4.78, 5) is 16.8. The predicted octanol–water partition coefficient (Wildman–Crippen LogP) is 0.502. The van der Waals surface area contributed by atoms with Crippen LogP contribution in [0.3, 0.4) is 0 Å². The molecular formula is C15H24N4O2. The molecule has 1 amide bonds. The highest BCUT2D eigenvalue weighted by atomic mass is 16.3. The maximum Gasteiger partial charge on any atom is 0.247 e. The largest absolute Gasteiger partial charge is 0.391 e. The van der Waals surface area contributed by atoms with Gasteiger partial charge in [0.15, 0.2) is 0 Å². The van der Waals surface area contributed by atoms with E-state index >= 15 is 0 Å². The van der Waals surface area contributed by atoms with Crippen LogP contribution in [0.25, 0.3) is 0 Å². The number of carbonyl (C=O) groups is 1. The summed E-state index contributed by atoms with van der Waals surface area (Å²) >= 11 is 0. The van der Waals surface area contributed by atoms with Gasteiger partial charge in [-0.1, -0.05) is 0 Å². The normalized spacial score (nSPS) is 28.8. The van der Waals surface area contributed by atoms with Gasteiger partial charge in [-0.25, -0.2) is 0 Å². The van der Waals surface area contributed by atoms with Crippen LogP contribution in [-0.2, 0) is 4.79 Å². The first-order valence-electron chi connectivity index (χ1n) is 7.87. The third-order valence-corrected chi connectivity index (χ3v) is 4.82. The molecule has 0 unspecified atom stereocenters. The number of aromatic nitrogens is 2. The molecule has 1 aromatic heterocycles. The van der Waals surface area contributed by atoms with Crippen molar-refractivity contribution in [1.29, 1.82) is 0 Å².